The van der Waals surface area contributed by atoms with Crippen molar-refractivity contribution in [3.8, 4) is 0 Å². The van der Waals surface area contributed by atoms with E-state index in [-0.39, 0.29) is 11.6 Å². The summed E-state index contributed by atoms with van der Waals surface area (Å²) in [5.41, 5.74) is 1.37. The van der Waals surface area contributed by atoms with Gasteiger partial charge in [0.1, 0.15) is 5.00 Å². The van der Waals surface area contributed by atoms with Gasteiger partial charge in [0.05, 0.1) is 24.4 Å². The zero-order chi connectivity index (χ0) is 18.7. The minimum atomic E-state index is -0.286. The van der Waals surface area contributed by atoms with Gasteiger partial charge in [0.25, 0.3) is 0 Å². The summed E-state index contributed by atoms with van der Waals surface area (Å²) in [5.74, 6) is -0.286. The first-order valence-corrected chi connectivity index (χ1v) is 10.6. The largest absolute Gasteiger partial charge is 0.462 e. The highest BCUT2D eigenvalue weighted by atomic mass is 32.1. The van der Waals surface area contributed by atoms with Gasteiger partial charge >= 0.3 is 5.97 Å². The van der Waals surface area contributed by atoms with Crippen molar-refractivity contribution in [1.82, 2.24) is 5.32 Å². The predicted octanol–water partition coefficient (Wildman–Crippen LogP) is 4.40. The van der Waals surface area contributed by atoms with Crippen molar-refractivity contribution in [2.45, 2.75) is 77.5 Å². The monoisotopic (exact) mass is 396 g/mol. The van der Waals surface area contributed by atoms with Gasteiger partial charge in [0, 0.05) is 17.3 Å². The molecule has 0 atom stereocenters. The highest BCUT2D eigenvalue weighted by Gasteiger charge is 2.34. The van der Waals surface area contributed by atoms with Crippen LogP contribution >= 0.6 is 23.6 Å². The third kappa shape index (κ3) is 4.56. The van der Waals surface area contributed by atoms with E-state index in [1.54, 1.807) is 11.3 Å². The van der Waals surface area contributed by atoms with E-state index in [9.17, 15) is 4.79 Å². The van der Waals surface area contributed by atoms with E-state index in [4.69, 9.17) is 21.7 Å². The molecule has 1 aliphatic heterocycles. The Labute approximate surface area is 164 Å². The second kappa shape index (κ2) is 8.23. The molecule has 2 heterocycles. The molecule has 1 aromatic heterocycles. The SMILES string of the molecule is CCOC(=O)c1c(NC(=S)NC2CCCCC2)sc2c1CC(C)(C)OC2. The number of carbonyl (C=O) groups is 1. The van der Waals surface area contributed by atoms with Gasteiger partial charge in [0.2, 0.25) is 0 Å². The number of esters is 1. The van der Waals surface area contributed by atoms with Crippen LogP contribution in [0.1, 0.15) is 73.7 Å². The fourth-order valence-electron chi connectivity index (χ4n) is 3.63. The molecule has 5 nitrogen and oxygen atoms in total. The second-order valence-corrected chi connectivity index (χ2v) is 9.10. The lowest BCUT2D eigenvalue weighted by Crippen LogP contribution is -2.39. The molecule has 3 rings (SSSR count). The Morgan fingerprint density at radius 1 is 1.35 bits per heavy atom. The molecule has 26 heavy (non-hydrogen) atoms. The van der Waals surface area contributed by atoms with Crippen LogP contribution in [0.25, 0.3) is 0 Å². The van der Waals surface area contributed by atoms with E-state index in [1.165, 1.54) is 19.3 Å². The average Bonchev–Trinajstić information content (AvgIpc) is 2.91. The highest BCUT2D eigenvalue weighted by molar-refractivity contribution is 7.80. The van der Waals surface area contributed by atoms with Crippen molar-refractivity contribution in [3.05, 3.63) is 16.0 Å². The standard InChI is InChI=1S/C19H28N2O3S2/c1-4-23-17(22)15-13-10-19(2,3)24-11-14(13)26-16(15)21-18(25)20-12-8-6-5-7-9-12/h12H,4-11H2,1-3H3,(H2,20,21,25). The van der Waals surface area contributed by atoms with Crippen molar-refractivity contribution in [3.63, 3.8) is 0 Å². The van der Waals surface area contributed by atoms with Gasteiger partial charge in [-0.3, -0.25) is 0 Å². The van der Waals surface area contributed by atoms with E-state index < -0.39 is 0 Å². The maximum absolute atomic E-state index is 12.6. The topological polar surface area (TPSA) is 59.6 Å². The number of nitrogens with one attached hydrogen (secondary N) is 2. The van der Waals surface area contributed by atoms with Crippen LogP contribution in [0.15, 0.2) is 0 Å². The number of carbonyl (C=O) groups excluding carboxylic acids is 1. The van der Waals surface area contributed by atoms with Crippen LogP contribution in [-0.4, -0.2) is 29.3 Å². The number of hydrogen-bond acceptors (Lipinski definition) is 5. The van der Waals surface area contributed by atoms with Crippen LogP contribution < -0.4 is 10.6 Å². The Balaban J connectivity index is 1.80. The summed E-state index contributed by atoms with van der Waals surface area (Å²) in [6.07, 6.45) is 6.78. The Bertz CT molecular complexity index is 679. The van der Waals surface area contributed by atoms with Gasteiger partial charge in [-0.1, -0.05) is 19.3 Å². The zero-order valence-corrected chi connectivity index (χ0v) is 17.4. The lowest BCUT2D eigenvalue weighted by Gasteiger charge is -2.30. The predicted molar refractivity (Wildman–Crippen MR) is 109 cm³/mol. The summed E-state index contributed by atoms with van der Waals surface area (Å²) in [5, 5.41) is 8.02. The lowest BCUT2D eigenvalue weighted by atomic mass is 9.93. The van der Waals surface area contributed by atoms with Crippen LogP contribution in [0.4, 0.5) is 5.00 Å². The Hall–Kier alpha value is -1.18. The van der Waals surface area contributed by atoms with Gasteiger partial charge in [-0.2, -0.15) is 0 Å². The number of rotatable bonds is 4. The number of ether oxygens (including phenoxy) is 2. The minimum absolute atomic E-state index is 0.284. The Morgan fingerprint density at radius 2 is 2.08 bits per heavy atom. The van der Waals surface area contributed by atoms with Crippen LogP contribution in [0, 0.1) is 0 Å². The second-order valence-electron chi connectivity index (χ2n) is 7.59. The third-order valence-electron chi connectivity index (χ3n) is 4.93. The molecule has 0 radical (unpaired) electrons. The molecule has 7 heteroatoms. The third-order valence-corrected chi connectivity index (χ3v) is 6.28. The number of thiophene rings is 1. The van der Waals surface area contributed by atoms with E-state index in [2.05, 4.69) is 10.6 Å². The van der Waals surface area contributed by atoms with Crippen LogP contribution in [0.5, 0.6) is 0 Å². The first-order valence-electron chi connectivity index (χ1n) is 9.43. The molecule has 0 aromatic carbocycles. The summed E-state index contributed by atoms with van der Waals surface area (Å²) in [6, 6.07) is 0.423. The van der Waals surface area contributed by atoms with Crippen molar-refractivity contribution >= 4 is 39.6 Å². The Morgan fingerprint density at radius 3 is 2.77 bits per heavy atom. The van der Waals surface area contributed by atoms with Crippen molar-refractivity contribution in [2.24, 2.45) is 0 Å². The van der Waals surface area contributed by atoms with E-state index in [0.717, 1.165) is 28.3 Å². The summed E-state index contributed by atoms with van der Waals surface area (Å²) >= 11 is 7.06. The first kappa shape index (κ1) is 19.6. The number of fused-ring (bicyclic) bond motifs is 1. The quantitative estimate of drug-likeness (QED) is 0.581. The van der Waals surface area contributed by atoms with Crippen LogP contribution in [-0.2, 0) is 22.5 Å². The van der Waals surface area contributed by atoms with Gasteiger partial charge < -0.3 is 20.1 Å². The smallest absolute Gasteiger partial charge is 0.341 e. The van der Waals surface area contributed by atoms with Gasteiger partial charge in [-0.15, -0.1) is 11.3 Å². The average molecular weight is 397 g/mol. The van der Waals surface area contributed by atoms with E-state index in [0.29, 0.717) is 36.4 Å². The first-order chi connectivity index (χ1) is 12.4. The summed E-state index contributed by atoms with van der Waals surface area (Å²) in [4.78, 5) is 13.7. The van der Waals surface area contributed by atoms with E-state index in [1.807, 2.05) is 20.8 Å². The lowest BCUT2D eigenvalue weighted by molar-refractivity contribution is -0.0384. The molecule has 0 unspecified atom stereocenters. The molecule has 1 aliphatic carbocycles. The summed E-state index contributed by atoms with van der Waals surface area (Å²) in [7, 11) is 0. The molecule has 1 aromatic rings. The molecule has 0 spiro atoms. The molecule has 2 N–H and O–H groups in total. The normalized spacial score (nSPS) is 19.5. The molecule has 144 valence electrons. The number of hydrogen-bond donors (Lipinski definition) is 2. The van der Waals surface area contributed by atoms with Gasteiger partial charge in [-0.05, 0) is 51.4 Å². The summed E-state index contributed by atoms with van der Waals surface area (Å²) in [6.45, 7) is 6.79. The van der Waals surface area contributed by atoms with Crippen LogP contribution in [0.2, 0.25) is 0 Å². The summed E-state index contributed by atoms with van der Waals surface area (Å²) < 4.78 is 11.2. The molecular formula is C19H28N2O3S2. The molecule has 0 saturated heterocycles. The Kier molecular flexibility index (Phi) is 6.20. The minimum Gasteiger partial charge on any atom is -0.462 e. The van der Waals surface area contributed by atoms with Gasteiger partial charge in [0.15, 0.2) is 5.11 Å². The molecule has 0 amide bonds. The van der Waals surface area contributed by atoms with Crippen LogP contribution in [0.3, 0.4) is 0 Å². The maximum Gasteiger partial charge on any atom is 0.341 e. The number of thiocarbonyl (C=S) groups is 1. The molecule has 2 aliphatic rings. The highest BCUT2D eigenvalue weighted by Crippen LogP contribution is 2.40. The molecule has 1 saturated carbocycles. The molecule has 0 bridgehead atoms. The van der Waals surface area contributed by atoms with E-state index >= 15 is 0 Å². The number of anilines is 1. The zero-order valence-electron chi connectivity index (χ0n) is 15.8. The fourth-order valence-corrected chi connectivity index (χ4v) is 5.09. The van der Waals surface area contributed by atoms with Crippen molar-refractivity contribution < 1.29 is 14.3 Å². The van der Waals surface area contributed by atoms with Gasteiger partial charge in [-0.25, -0.2) is 4.79 Å². The molecule has 1 fully saturated rings. The molecular weight excluding hydrogens is 368 g/mol. The maximum atomic E-state index is 12.6. The van der Waals surface area contributed by atoms with Crippen molar-refractivity contribution in [2.75, 3.05) is 11.9 Å². The van der Waals surface area contributed by atoms with Crippen molar-refractivity contribution in [1.29, 1.82) is 0 Å². The fraction of sp³-hybridized carbons (Fsp3) is 0.684.